The molecule has 1 amide bonds. The summed E-state index contributed by atoms with van der Waals surface area (Å²) in [7, 11) is 1.86. The van der Waals surface area contributed by atoms with Crippen molar-refractivity contribution < 1.29 is 13.7 Å². The van der Waals surface area contributed by atoms with Gasteiger partial charge >= 0.3 is 6.01 Å². The average Bonchev–Trinajstić information content (AvgIpc) is 3.51. The van der Waals surface area contributed by atoms with Gasteiger partial charge in [0.25, 0.3) is 5.91 Å². The molecule has 38 heavy (non-hydrogen) atoms. The molecule has 1 unspecified atom stereocenters. The van der Waals surface area contributed by atoms with Crippen molar-refractivity contribution >= 4 is 17.9 Å². The third-order valence-electron chi connectivity index (χ3n) is 7.38. The van der Waals surface area contributed by atoms with E-state index in [2.05, 4.69) is 29.9 Å². The van der Waals surface area contributed by atoms with Gasteiger partial charge in [0.2, 0.25) is 5.95 Å². The molecule has 2 aliphatic heterocycles. The Morgan fingerprint density at radius 1 is 1.03 bits per heavy atom. The highest BCUT2D eigenvalue weighted by atomic mass is 19.1. The highest BCUT2D eigenvalue weighted by Crippen LogP contribution is 2.39. The molecule has 2 saturated heterocycles. The minimum atomic E-state index is -0.171. The molecule has 3 fully saturated rings. The smallest absolute Gasteiger partial charge is 0.324 e. The summed E-state index contributed by atoms with van der Waals surface area (Å²) < 4.78 is 17.5. The van der Waals surface area contributed by atoms with Crippen molar-refractivity contribution in [3.05, 3.63) is 59.4 Å². The van der Waals surface area contributed by atoms with Crippen molar-refractivity contribution in [1.29, 1.82) is 0 Å². The molecule has 3 aliphatic rings. The largest absolute Gasteiger partial charge is 0.339 e. The molecule has 0 bridgehead atoms. The van der Waals surface area contributed by atoms with Crippen LogP contribution in [0.2, 0.25) is 0 Å². The predicted molar refractivity (Wildman–Crippen MR) is 142 cm³/mol. The van der Waals surface area contributed by atoms with Crippen molar-refractivity contribution in [2.24, 2.45) is 5.73 Å². The first-order valence-corrected chi connectivity index (χ1v) is 13.3. The first kappa shape index (κ1) is 26.0. The molecule has 1 aromatic carbocycles. The summed E-state index contributed by atoms with van der Waals surface area (Å²) in [6.07, 6.45) is 8.21. The van der Waals surface area contributed by atoms with Gasteiger partial charge in [-0.1, -0.05) is 22.9 Å². The summed E-state index contributed by atoms with van der Waals surface area (Å²) in [5.41, 5.74) is 7.55. The maximum Gasteiger partial charge on any atom is 0.324 e. The van der Waals surface area contributed by atoms with Gasteiger partial charge in [-0.15, -0.1) is 0 Å². The van der Waals surface area contributed by atoms with Crippen LogP contribution in [0.25, 0.3) is 0 Å². The Morgan fingerprint density at radius 2 is 1.68 bits per heavy atom. The van der Waals surface area contributed by atoms with E-state index >= 15 is 0 Å². The number of benzene rings is 1. The van der Waals surface area contributed by atoms with E-state index in [4.69, 9.17) is 10.3 Å². The SMILES string of the molecule is CN(C(=O)c1cnc(N2CCC(N)C2)nc1)C1CCN(c2nc(C3CC3)no2)CC1.Cc1ccc(F)cc1. The van der Waals surface area contributed by atoms with Gasteiger partial charge in [0, 0.05) is 63.6 Å². The zero-order chi connectivity index (χ0) is 26.6. The van der Waals surface area contributed by atoms with Crippen LogP contribution in [0.5, 0.6) is 0 Å². The number of carbonyl (C=O) groups is 1. The van der Waals surface area contributed by atoms with Gasteiger partial charge in [0.15, 0.2) is 5.82 Å². The number of hydrogen-bond donors (Lipinski definition) is 1. The number of piperidine rings is 1. The normalized spacial score (nSPS) is 19.7. The van der Waals surface area contributed by atoms with E-state index in [1.165, 1.54) is 12.1 Å². The molecule has 2 N–H and O–H groups in total. The van der Waals surface area contributed by atoms with Crippen LogP contribution in [-0.4, -0.2) is 76.2 Å². The molecule has 0 radical (unpaired) electrons. The zero-order valence-electron chi connectivity index (χ0n) is 22.0. The Bertz CT molecular complexity index is 1190. The van der Waals surface area contributed by atoms with Crippen LogP contribution >= 0.6 is 0 Å². The molecular formula is C27H35FN8O2. The molecule has 2 aromatic heterocycles. The predicted octanol–water partition coefficient (Wildman–Crippen LogP) is 3.15. The Labute approximate surface area is 222 Å². The zero-order valence-corrected chi connectivity index (χ0v) is 22.0. The summed E-state index contributed by atoms with van der Waals surface area (Å²) in [5.74, 6) is 1.74. The molecular weight excluding hydrogens is 487 g/mol. The quantitative estimate of drug-likeness (QED) is 0.539. The number of hydrogen-bond acceptors (Lipinski definition) is 9. The van der Waals surface area contributed by atoms with Crippen LogP contribution in [0, 0.1) is 12.7 Å². The van der Waals surface area contributed by atoms with E-state index in [9.17, 15) is 9.18 Å². The maximum absolute atomic E-state index is 12.9. The Balaban J connectivity index is 0.000000316. The van der Waals surface area contributed by atoms with Crippen molar-refractivity contribution in [2.75, 3.05) is 43.0 Å². The second-order valence-electron chi connectivity index (χ2n) is 10.4. The molecule has 10 nitrogen and oxygen atoms in total. The second kappa shape index (κ2) is 11.4. The number of carbonyl (C=O) groups excluding carboxylic acids is 1. The maximum atomic E-state index is 12.9. The highest BCUT2D eigenvalue weighted by molar-refractivity contribution is 5.93. The Morgan fingerprint density at radius 3 is 2.26 bits per heavy atom. The first-order valence-electron chi connectivity index (χ1n) is 13.3. The lowest BCUT2D eigenvalue weighted by Gasteiger charge is -2.35. The molecule has 202 valence electrons. The number of nitrogens with zero attached hydrogens (tertiary/aromatic N) is 7. The number of aromatic nitrogens is 4. The van der Waals surface area contributed by atoms with E-state index in [1.54, 1.807) is 24.5 Å². The van der Waals surface area contributed by atoms with Gasteiger partial charge in [-0.2, -0.15) is 4.98 Å². The standard InChI is InChI=1S/C20H28N8O2.C7H7F/c1-26(18(29)14-10-22-19(23-11-14)28-7-4-15(21)12-28)16-5-8-27(9-6-16)20-24-17(25-30-20)13-2-3-13;1-6-2-4-7(8)5-3-6/h10-11,13,15-16H,2-9,12,21H2,1H3;2-5H,1H3. The second-order valence-corrected chi connectivity index (χ2v) is 10.4. The van der Waals surface area contributed by atoms with Crippen LogP contribution < -0.4 is 15.5 Å². The fraction of sp³-hybridized carbons (Fsp3) is 0.519. The number of amides is 1. The summed E-state index contributed by atoms with van der Waals surface area (Å²) in [4.78, 5) is 32.2. The summed E-state index contributed by atoms with van der Waals surface area (Å²) in [6, 6.07) is 7.33. The number of anilines is 2. The lowest BCUT2D eigenvalue weighted by Crippen LogP contribution is -2.45. The monoisotopic (exact) mass is 522 g/mol. The Kier molecular flexibility index (Phi) is 7.82. The van der Waals surface area contributed by atoms with Crippen LogP contribution in [0.1, 0.15) is 59.8 Å². The van der Waals surface area contributed by atoms with Crippen LogP contribution in [-0.2, 0) is 0 Å². The molecule has 11 heteroatoms. The van der Waals surface area contributed by atoms with Crippen LogP contribution in [0.3, 0.4) is 0 Å². The topological polar surface area (TPSA) is 118 Å². The fourth-order valence-corrected chi connectivity index (χ4v) is 4.77. The molecule has 1 aliphatic carbocycles. The molecule has 3 aromatic rings. The first-order chi connectivity index (χ1) is 18.4. The van der Waals surface area contributed by atoms with Crippen molar-refractivity contribution in [1.82, 2.24) is 25.0 Å². The van der Waals surface area contributed by atoms with Crippen LogP contribution in [0.15, 0.2) is 41.2 Å². The minimum Gasteiger partial charge on any atom is -0.339 e. The molecule has 4 heterocycles. The molecule has 6 rings (SSSR count). The van der Waals surface area contributed by atoms with Gasteiger partial charge in [-0.3, -0.25) is 4.79 Å². The molecule has 0 spiro atoms. The Hall–Kier alpha value is -3.60. The fourth-order valence-electron chi connectivity index (χ4n) is 4.77. The van der Waals surface area contributed by atoms with Crippen molar-refractivity contribution in [3.63, 3.8) is 0 Å². The van der Waals surface area contributed by atoms with Gasteiger partial charge in [0.05, 0.1) is 5.56 Å². The van der Waals surface area contributed by atoms with Gasteiger partial charge in [-0.25, -0.2) is 14.4 Å². The number of nitrogens with two attached hydrogens (primary N) is 1. The number of rotatable bonds is 5. The molecule has 1 saturated carbocycles. The van der Waals surface area contributed by atoms with E-state index < -0.39 is 0 Å². The molecule has 1 atom stereocenters. The van der Waals surface area contributed by atoms with E-state index in [-0.39, 0.29) is 23.8 Å². The van der Waals surface area contributed by atoms with E-state index in [0.29, 0.717) is 23.4 Å². The number of aryl methyl sites for hydroxylation is 1. The lowest BCUT2D eigenvalue weighted by atomic mass is 10.0. The van der Waals surface area contributed by atoms with Gasteiger partial charge < -0.3 is 25.0 Å². The van der Waals surface area contributed by atoms with Crippen LogP contribution in [0.4, 0.5) is 16.4 Å². The van der Waals surface area contributed by atoms with Gasteiger partial charge in [-0.05, 0) is 51.2 Å². The van der Waals surface area contributed by atoms with E-state index in [1.807, 2.05) is 18.9 Å². The third kappa shape index (κ3) is 6.27. The van der Waals surface area contributed by atoms with Crippen molar-refractivity contribution in [3.8, 4) is 0 Å². The van der Waals surface area contributed by atoms with E-state index in [0.717, 1.165) is 69.7 Å². The minimum absolute atomic E-state index is 0.0491. The lowest BCUT2D eigenvalue weighted by molar-refractivity contribution is 0.0707. The summed E-state index contributed by atoms with van der Waals surface area (Å²) >= 11 is 0. The average molecular weight is 523 g/mol. The third-order valence-corrected chi connectivity index (χ3v) is 7.38. The van der Waals surface area contributed by atoms with Crippen molar-refractivity contribution in [2.45, 2.75) is 57.0 Å². The summed E-state index contributed by atoms with van der Waals surface area (Å²) in [5, 5.41) is 4.10. The highest BCUT2D eigenvalue weighted by Gasteiger charge is 2.32. The van der Waals surface area contributed by atoms with Gasteiger partial charge in [0.1, 0.15) is 5.82 Å². The summed E-state index contributed by atoms with van der Waals surface area (Å²) in [6.45, 7) is 5.13. The number of halogens is 1.